The molecule has 138 valence electrons. The number of sulfonamides is 1. The average Bonchev–Trinajstić information content (AvgIpc) is 2.69. The first-order valence-electron chi connectivity index (χ1n) is 8.19. The lowest BCUT2D eigenvalue weighted by Crippen LogP contribution is -2.23. The van der Waals surface area contributed by atoms with Crippen LogP contribution in [0.25, 0.3) is 0 Å². The zero-order chi connectivity index (χ0) is 19.3. The van der Waals surface area contributed by atoms with E-state index < -0.39 is 15.9 Å². The SMILES string of the molecule is O=C(Nc1ccccc1O)c1cccc(S(=O)(=O)NCc2ccccc2)c1. The van der Waals surface area contributed by atoms with Crippen molar-refractivity contribution in [1.82, 2.24) is 4.72 Å². The van der Waals surface area contributed by atoms with Crippen LogP contribution in [0.5, 0.6) is 5.75 Å². The van der Waals surface area contributed by atoms with Gasteiger partial charge in [-0.3, -0.25) is 4.79 Å². The van der Waals surface area contributed by atoms with Gasteiger partial charge in [-0.2, -0.15) is 0 Å². The summed E-state index contributed by atoms with van der Waals surface area (Å²) in [7, 11) is -3.77. The fourth-order valence-corrected chi connectivity index (χ4v) is 3.50. The number of para-hydroxylation sites is 2. The normalized spacial score (nSPS) is 11.1. The zero-order valence-electron chi connectivity index (χ0n) is 14.3. The van der Waals surface area contributed by atoms with Gasteiger partial charge < -0.3 is 10.4 Å². The quantitative estimate of drug-likeness (QED) is 0.571. The van der Waals surface area contributed by atoms with Gasteiger partial charge >= 0.3 is 0 Å². The minimum atomic E-state index is -3.77. The molecule has 3 N–H and O–H groups in total. The Labute approximate surface area is 157 Å². The van der Waals surface area contributed by atoms with Crippen molar-refractivity contribution >= 4 is 21.6 Å². The molecule has 0 radical (unpaired) electrons. The maximum atomic E-state index is 12.5. The second-order valence-corrected chi connectivity index (χ2v) is 7.58. The zero-order valence-corrected chi connectivity index (χ0v) is 15.1. The van der Waals surface area contributed by atoms with Crippen molar-refractivity contribution < 1.29 is 18.3 Å². The molecule has 0 unspecified atom stereocenters. The van der Waals surface area contributed by atoms with Crippen LogP contribution in [0.4, 0.5) is 5.69 Å². The minimum Gasteiger partial charge on any atom is -0.506 e. The number of phenolic OH excluding ortho intramolecular Hbond substituents is 1. The number of hydrogen-bond acceptors (Lipinski definition) is 4. The maximum Gasteiger partial charge on any atom is 0.255 e. The Morgan fingerprint density at radius 1 is 0.889 bits per heavy atom. The number of anilines is 1. The van der Waals surface area contributed by atoms with Crippen molar-refractivity contribution in [3.05, 3.63) is 90.0 Å². The van der Waals surface area contributed by atoms with Gasteiger partial charge in [-0.05, 0) is 35.9 Å². The molecule has 0 fully saturated rings. The molecular weight excluding hydrogens is 364 g/mol. The van der Waals surface area contributed by atoms with Crippen LogP contribution in [0.15, 0.2) is 83.8 Å². The van der Waals surface area contributed by atoms with Gasteiger partial charge in [-0.15, -0.1) is 0 Å². The van der Waals surface area contributed by atoms with Crippen molar-refractivity contribution in [3.8, 4) is 5.75 Å². The molecule has 3 aromatic rings. The summed E-state index contributed by atoms with van der Waals surface area (Å²) in [5.74, 6) is -0.587. The molecule has 0 saturated carbocycles. The monoisotopic (exact) mass is 382 g/mol. The Morgan fingerprint density at radius 3 is 2.33 bits per heavy atom. The van der Waals surface area contributed by atoms with Crippen LogP contribution in [0, 0.1) is 0 Å². The Balaban J connectivity index is 1.76. The smallest absolute Gasteiger partial charge is 0.255 e. The van der Waals surface area contributed by atoms with Gasteiger partial charge in [0, 0.05) is 12.1 Å². The van der Waals surface area contributed by atoms with E-state index in [0.29, 0.717) is 0 Å². The number of rotatable bonds is 6. The summed E-state index contributed by atoms with van der Waals surface area (Å²) in [5.41, 5.74) is 1.24. The molecular formula is C20H18N2O4S. The molecule has 0 saturated heterocycles. The Bertz CT molecular complexity index is 1050. The minimum absolute atomic E-state index is 0.0108. The molecule has 3 rings (SSSR count). The summed E-state index contributed by atoms with van der Waals surface area (Å²) in [5, 5.41) is 12.3. The number of aromatic hydroxyl groups is 1. The number of carbonyl (C=O) groups is 1. The number of phenols is 1. The van der Waals surface area contributed by atoms with Crippen molar-refractivity contribution in [2.75, 3.05) is 5.32 Å². The number of benzene rings is 3. The second-order valence-electron chi connectivity index (χ2n) is 5.81. The van der Waals surface area contributed by atoms with Gasteiger partial charge in [-0.1, -0.05) is 48.5 Å². The number of carbonyl (C=O) groups excluding carboxylic acids is 1. The van der Waals surface area contributed by atoms with Gasteiger partial charge in [-0.25, -0.2) is 13.1 Å². The Hall–Kier alpha value is -3.16. The largest absolute Gasteiger partial charge is 0.506 e. The van der Waals surface area contributed by atoms with E-state index in [9.17, 15) is 18.3 Å². The molecule has 6 nitrogen and oxygen atoms in total. The molecule has 0 atom stereocenters. The molecule has 0 aliphatic heterocycles. The first-order valence-corrected chi connectivity index (χ1v) is 9.67. The van der Waals surface area contributed by atoms with E-state index in [-0.39, 0.29) is 28.4 Å². The van der Waals surface area contributed by atoms with Crippen LogP contribution in [-0.4, -0.2) is 19.4 Å². The number of nitrogens with one attached hydrogen (secondary N) is 2. The first-order chi connectivity index (χ1) is 13.0. The third-order valence-corrected chi connectivity index (χ3v) is 5.27. The van der Waals surface area contributed by atoms with Crippen molar-refractivity contribution in [2.24, 2.45) is 0 Å². The molecule has 3 aromatic carbocycles. The van der Waals surface area contributed by atoms with E-state index in [1.54, 1.807) is 18.2 Å². The van der Waals surface area contributed by atoms with E-state index in [1.165, 1.54) is 30.3 Å². The lowest BCUT2D eigenvalue weighted by Gasteiger charge is -2.10. The molecule has 0 aromatic heterocycles. The van der Waals surface area contributed by atoms with E-state index in [1.807, 2.05) is 30.3 Å². The molecule has 0 spiro atoms. The van der Waals surface area contributed by atoms with Crippen molar-refractivity contribution in [3.63, 3.8) is 0 Å². The molecule has 0 aliphatic rings. The lowest BCUT2D eigenvalue weighted by molar-refractivity contribution is 0.102. The van der Waals surface area contributed by atoms with Crippen LogP contribution in [-0.2, 0) is 16.6 Å². The first kappa shape index (κ1) is 18.6. The maximum absolute atomic E-state index is 12.5. The van der Waals surface area contributed by atoms with Gasteiger partial charge in [0.15, 0.2) is 0 Å². The highest BCUT2D eigenvalue weighted by Crippen LogP contribution is 2.22. The van der Waals surface area contributed by atoms with Crippen LogP contribution >= 0.6 is 0 Å². The highest BCUT2D eigenvalue weighted by molar-refractivity contribution is 7.89. The molecule has 0 heterocycles. The summed E-state index contributed by atoms with van der Waals surface area (Å²) in [4.78, 5) is 12.4. The summed E-state index contributed by atoms with van der Waals surface area (Å²) in [6, 6.07) is 21.2. The summed E-state index contributed by atoms with van der Waals surface area (Å²) in [6.07, 6.45) is 0. The average molecular weight is 382 g/mol. The van der Waals surface area contributed by atoms with Crippen LogP contribution in [0.3, 0.4) is 0 Å². The van der Waals surface area contributed by atoms with E-state index in [2.05, 4.69) is 10.0 Å². The summed E-state index contributed by atoms with van der Waals surface area (Å²) in [6.45, 7) is 0.150. The third-order valence-electron chi connectivity index (χ3n) is 3.87. The Morgan fingerprint density at radius 2 is 1.59 bits per heavy atom. The summed E-state index contributed by atoms with van der Waals surface area (Å²) < 4.78 is 27.5. The number of hydrogen-bond donors (Lipinski definition) is 3. The fourth-order valence-electron chi connectivity index (χ4n) is 2.44. The predicted octanol–water partition coefficient (Wildman–Crippen LogP) is 3.12. The van der Waals surface area contributed by atoms with Crippen molar-refractivity contribution in [1.29, 1.82) is 0 Å². The molecule has 0 aliphatic carbocycles. The van der Waals surface area contributed by atoms with Crippen LogP contribution < -0.4 is 10.0 Å². The van der Waals surface area contributed by atoms with E-state index in [0.717, 1.165) is 5.56 Å². The van der Waals surface area contributed by atoms with Gasteiger partial charge in [0.05, 0.1) is 10.6 Å². The third kappa shape index (κ3) is 4.72. The van der Waals surface area contributed by atoms with E-state index >= 15 is 0 Å². The van der Waals surface area contributed by atoms with E-state index in [4.69, 9.17) is 0 Å². The van der Waals surface area contributed by atoms with Crippen LogP contribution in [0.2, 0.25) is 0 Å². The lowest BCUT2D eigenvalue weighted by atomic mass is 10.2. The molecule has 27 heavy (non-hydrogen) atoms. The van der Waals surface area contributed by atoms with Gasteiger partial charge in [0.1, 0.15) is 5.75 Å². The molecule has 1 amide bonds. The van der Waals surface area contributed by atoms with Crippen LogP contribution in [0.1, 0.15) is 15.9 Å². The molecule has 0 bridgehead atoms. The second kappa shape index (κ2) is 8.03. The molecule has 7 heteroatoms. The standard InChI is InChI=1S/C20H18N2O4S/c23-19-12-5-4-11-18(19)22-20(24)16-9-6-10-17(13-16)27(25,26)21-14-15-7-2-1-3-8-15/h1-13,21,23H,14H2,(H,22,24). The highest BCUT2D eigenvalue weighted by Gasteiger charge is 2.16. The highest BCUT2D eigenvalue weighted by atomic mass is 32.2. The summed E-state index contributed by atoms with van der Waals surface area (Å²) >= 11 is 0. The topological polar surface area (TPSA) is 95.5 Å². The Kier molecular flexibility index (Phi) is 5.54. The number of amides is 1. The fraction of sp³-hybridized carbons (Fsp3) is 0.0500. The van der Waals surface area contributed by atoms with Gasteiger partial charge in [0.25, 0.3) is 5.91 Å². The van der Waals surface area contributed by atoms with Crippen molar-refractivity contribution in [2.45, 2.75) is 11.4 Å². The van der Waals surface area contributed by atoms with Gasteiger partial charge in [0.2, 0.25) is 10.0 Å². The predicted molar refractivity (Wildman–Crippen MR) is 103 cm³/mol.